The molecule has 0 amide bonds. The van der Waals surface area contributed by atoms with Crippen LogP contribution in [0.25, 0.3) is 0 Å². The fourth-order valence-corrected chi connectivity index (χ4v) is 2.34. The molecule has 0 aliphatic carbocycles. The first-order chi connectivity index (χ1) is 11.0. The van der Waals surface area contributed by atoms with Crippen LogP contribution in [0.4, 0.5) is 26.3 Å². The van der Waals surface area contributed by atoms with Crippen molar-refractivity contribution in [2.45, 2.75) is 18.0 Å². The van der Waals surface area contributed by atoms with Crippen LogP contribution in [-0.2, 0) is 11.8 Å². The molecule has 2 nitrogen and oxygen atoms in total. The van der Waals surface area contributed by atoms with Crippen molar-refractivity contribution in [3.05, 3.63) is 65.2 Å². The zero-order valence-electron chi connectivity index (χ0n) is 12.2. The standard InChI is InChI=1S/C16H12F6O2/c1-24-13-8-3-2-7-12(13)14(23,16(20,21)22)10-5-4-6-11(9-10)15(17,18)19/h2-9,23H,1H3. The van der Waals surface area contributed by atoms with Crippen molar-refractivity contribution in [3.8, 4) is 5.75 Å². The third-order valence-electron chi connectivity index (χ3n) is 3.51. The van der Waals surface area contributed by atoms with Gasteiger partial charge in [0.05, 0.1) is 12.7 Å². The molecule has 0 bridgehead atoms. The van der Waals surface area contributed by atoms with Crippen LogP contribution in [0.1, 0.15) is 16.7 Å². The molecule has 2 aromatic rings. The molecule has 2 aromatic carbocycles. The molecule has 0 fully saturated rings. The fourth-order valence-electron chi connectivity index (χ4n) is 2.34. The van der Waals surface area contributed by atoms with E-state index >= 15 is 0 Å². The summed E-state index contributed by atoms with van der Waals surface area (Å²) in [7, 11) is 1.10. The summed E-state index contributed by atoms with van der Waals surface area (Å²) in [6, 6.07) is 7.24. The molecule has 0 radical (unpaired) electrons. The molecular formula is C16H12F6O2. The Morgan fingerprint density at radius 3 is 1.96 bits per heavy atom. The van der Waals surface area contributed by atoms with Gasteiger partial charge in [0.25, 0.3) is 0 Å². The van der Waals surface area contributed by atoms with E-state index in [9.17, 15) is 31.4 Å². The number of benzene rings is 2. The number of rotatable bonds is 3. The molecule has 0 aliphatic rings. The number of aliphatic hydroxyl groups is 1. The Bertz CT molecular complexity index is 723. The monoisotopic (exact) mass is 350 g/mol. The van der Waals surface area contributed by atoms with Gasteiger partial charge in [-0.05, 0) is 23.8 Å². The average molecular weight is 350 g/mol. The number of hydrogen-bond donors (Lipinski definition) is 1. The van der Waals surface area contributed by atoms with Gasteiger partial charge in [-0.2, -0.15) is 26.3 Å². The van der Waals surface area contributed by atoms with Gasteiger partial charge >= 0.3 is 12.4 Å². The van der Waals surface area contributed by atoms with Gasteiger partial charge in [-0.25, -0.2) is 0 Å². The minimum Gasteiger partial charge on any atom is -0.496 e. The maximum absolute atomic E-state index is 13.6. The fraction of sp³-hybridized carbons (Fsp3) is 0.250. The van der Waals surface area contributed by atoms with Crippen LogP contribution >= 0.6 is 0 Å². The summed E-state index contributed by atoms with van der Waals surface area (Å²) in [6.45, 7) is 0. The Hall–Kier alpha value is -2.22. The Morgan fingerprint density at radius 1 is 0.833 bits per heavy atom. The molecule has 0 spiro atoms. The molecule has 0 saturated heterocycles. The number of ether oxygens (including phenoxy) is 1. The van der Waals surface area contributed by atoms with Crippen LogP contribution in [0.15, 0.2) is 48.5 Å². The zero-order chi connectivity index (χ0) is 18.2. The summed E-state index contributed by atoms with van der Waals surface area (Å²) in [5.74, 6) is -0.297. The van der Waals surface area contributed by atoms with Gasteiger partial charge in [-0.15, -0.1) is 0 Å². The molecule has 0 aromatic heterocycles. The van der Waals surface area contributed by atoms with Gasteiger partial charge in [0.1, 0.15) is 5.75 Å². The van der Waals surface area contributed by atoms with Crippen LogP contribution in [0.5, 0.6) is 5.75 Å². The normalized spacial score (nSPS) is 15.0. The van der Waals surface area contributed by atoms with Crippen molar-refractivity contribution in [2.24, 2.45) is 0 Å². The second-order valence-corrected chi connectivity index (χ2v) is 4.99. The lowest BCUT2D eigenvalue weighted by Gasteiger charge is -2.32. The molecule has 1 N–H and O–H groups in total. The van der Waals surface area contributed by atoms with E-state index in [1.165, 1.54) is 18.2 Å². The molecule has 0 heterocycles. The lowest BCUT2D eigenvalue weighted by atomic mass is 9.84. The maximum atomic E-state index is 13.6. The Kier molecular flexibility index (Phi) is 4.54. The SMILES string of the molecule is COc1ccccc1C(O)(c1cccc(C(F)(F)F)c1)C(F)(F)F. The lowest BCUT2D eigenvalue weighted by Crippen LogP contribution is -2.43. The molecule has 0 saturated carbocycles. The van der Waals surface area contributed by atoms with Gasteiger partial charge in [-0.1, -0.05) is 30.3 Å². The topological polar surface area (TPSA) is 29.5 Å². The Labute approximate surface area is 133 Å². The van der Waals surface area contributed by atoms with E-state index in [0.29, 0.717) is 6.07 Å². The number of methoxy groups -OCH3 is 1. The highest BCUT2D eigenvalue weighted by molar-refractivity contribution is 5.47. The third kappa shape index (κ3) is 3.06. The van der Waals surface area contributed by atoms with Gasteiger partial charge in [0, 0.05) is 5.56 Å². The number of hydrogen-bond acceptors (Lipinski definition) is 2. The highest BCUT2D eigenvalue weighted by atomic mass is 19.4. The van der Waals surface area contributed by atoms with E-state index < -0.39 is 34.6 Å². The van der Waals surface area contributed by atoms with Crippen molar-refractivity contribution in [2.75, 3.05) is 7.11 Å². The van der Waals surface area contributed by atoms with Crippen molar-refractivity contribution >= 4 is 0 Å². The quantitative estimate of drug-likeness (QED) is 0.826. The summed E-state index contributed by atoms with van der Waals surface area (Å²) < 4.78 is 84.2. The van der Waals surface area contributed by atoms with Crippen LogP contribution in [0.3, 0.4) is 0 Å². The second kappa shape index (κ2) is 6.01. The maximum Gasteiger partial charge on any atom is 0.425 e. The molecule has 1 unspecified atom stereocenters. The average Bonchev–Trinajstić information content (AvgIpc) is 2.52. The van der Waals surface area contributed by atoms with Gasteiger partial charge in [0.15, 0.2) is 0 Å². The first-order valence-corrected chi connectivity index (χ1v) is 6.62. The number of halogens is 6. The third-order valence-corrected chi connectivity index (χ3v) is 3.51. The number of alkyl halides is 6. The molecule has 24 heavy (non-hydrogen) atoms. The van der Waals surface area contributed by atoms with Crippen LogP contribution in [0.2, 0.25) is 0 Å². The predicted octanol–water partition coefficient (Wildman–Crippen LogP) is 4.51. The minimum atomic E-state index is -5.27. The van der Waals surface area contributed by atoms with E-state index in [1.54, 1.807) is 0 Å². The summed E-state index contributed by atoms with van der Waals surface area (Å²) in [6.07, 6.45) is -10.1. The van der Waals surface area contributed by atoms with Crippen LogP contribution < -0.4 is 4.74 Å². The van der Waals surface area contributed by atoms with E-state index in [2.05, 4.69) is 0 Å². The Morgan fingerprint density at radius 2 is 1.42 bits per heavy atom. The summed E-state index contributed by atoms with van der Waals surface area (Å²) in [4.78, 5) is 0. The van der Waals surface area contributed by atoms with Crippen molar-refractivity contribution < 1.29 is 36.2 Å². The van der Waals surface area contributed by atoms with Gasteiger partial charge in [0.2, 0.25) is 5.60 Å². The Balaban J connectivity index is 2.75. The minimum absolute atomic E-state index is 0.278. The molecule has 0 aliphatic heterocycles. The molecule has 130 valence electrons. The largest absolute Gasteiger partial charge is 0.496 e. The van der Waals surface area contributed by atoms with Crippen LogP contribution in [-0.4, -0.2) is 18.4 Å². The first kappa shape index (κ1) is 18.1. The van der Waals surface area contributed by atoms with E-state index in [4.69, 9.17) is 4.74 Å². The zero-order valence-corrected chi connectivity index (χ0v) is 12.2. The first-order valence-electron chi connectivity index (χ1n) is 6.62. The van der Waals surface area contributed by atoms with E-state index in [1.807, 2.05) is 0 Å². The van der Waals surface area contributed by atoms with Gasteiger partial charge in [-0.3, -0.25) is 0 Å². The van der Waals surface area contributed by atoms with E-state index in [0.717, 1.165) is 25.3 Å². The lowest BCUT2D eigenvalue weighted by molar-refractivity contribution is -0.248. The highest BCUT2D eigenvalue weighted by Crippen LogP contribution is 2.48. The smallest absolute Gasteiger partial charge is 0.425 e. The molecule has 1 atom stereocenters. The molecule has 8 heteroatoms. The summed E-state index contributed by atoms with van der Waals surface area (Å²) >= 11 is 0. The molecule has 2 rings (SSSR count). The van der Waals surface area contributed by atoms with Crippen molar-refractivity contribution in [1.82, 2.24) is 0 Å². The van der Waals surface area contributed by atoms with E-state index in [-0.39, 0.29) is 11.8 Å². The van der Waals surface area contributed by atoms with Crippen LogP contribution in [0, 0.1) is 0 Å². The number of para-hydroxylation sites is 1. The molecular weight excluding hydrogens is 338 g/mol. The highest BCUT2D eigenvalue weighted by Gasteiger charge is 2.57. The van der Waals surface area contributed by atoms with Crippen molar-refractivity contribution in [3.63, 3.8) is 0 Å². The van der Waals surface area contributed by atoms with Gasteiger partial charge < -0.3 is 9.84 Å². The predicted molar refractivity (Wildman–Crippen MR) is 73.5 cm³/mol. The van der Waals surface area contributed by atoms with Crippen molar-refractivity contribution in [1.29, 1.82) is 0 Å². The summed E-state index contributed by atoms with van der Waals surface area (Å²) in [5.41, 5.74) is -6.59. The summed E-state index contributed by atoms with van der Waals surface area (Å²) in [5, 5.41) is 10.4. The second-order valence-electron chi connectivity index (χ2n) is 4.99.